The van der Waals surface area contributed by atoms with E-state index in [1.165, 1.54) is 4.90 Å². The average Bonchev–Trinajstić information content (AvgIpc) is 2.82. The second-order valence-corrected chi connectivity index (χ2v) is 10.4. The Bertz CT molecular complexity index is 1070. The molecule has 0 saturated carbocycles. The van der Waals surface area contributed by atoms with Crippen molar-refractivity contribution in [1.29, 1.82) is 0 Å². The highest BCUT2D eigenvalue weighted by molar-refractivity contribution is 7.92. The van der Waals surface area contributed by atoms with Gasteiger partial charge in [-0.25, -0.2) is 8.42 Å². The summed E-state index contributed by atoms with van der Waals surface area (Å²) >= 11 is 0. The van der Waals surface area contributed by atoms with E-state index in [1.54, 1.807) is 31.2 Å². The molecule has 0 spiro atoms. The standard InChI is InChI=1S/C26H37N3O5S/c1-6-8-17-27-26(31)21(4)28(18-22-11-9-20(3)10-12-22)25(30)19-29(35(5,32)33)23-13-15-24(16-14-23)34-7-2/h9-16,21H,6-8,17-19H2,1-5H3,(H,27,31)/t21-/m0/s1. The van der Waals surface area contributed by atoms with Gasteiger partial charge in [-0.05, 0) is 57.0 Å². The van der Waals surface area contributed by atoms with Crippen LogP contribution in [0, 0.1) is 6.92 Å². The maximum atomic E-state index is 13.5. The summed E-state index contributed by atoms with van der Waals surface area (Å²) in [4.78, 5) is 27.7. The van der Waals surface area contributed by atoms with Crippen LogP contribution in [0.1, 0.15) is 44.7 Å². The van der Waals surface area contributed by atoms with Gasteiger partial charge < -0.3 is 15.0 Å². The maximum absolute atomic E-state index is 13.5. The summed E-state index contributed by atoms with van der Waals surface area (Å²) in [5.41, 5.74) is 2.28. The zero-order valence-corrected chi connectivity index (χ0v) is 22.1. The van der Waals surface area contributed by atoms with Crippen molar-refractivity contribution in [2.75, 3.05) is 30.3 Å². The van der Waals surface area contributed by atoms with Gasteiger partial charge in [-0.3, -0.25) is 13.9 Å². The number of hydrogen-bond donors (Lipinski definition) is 1. The smallest absolute Gasteiger partial charge is 0.244 e. The van der Waals surface area contributed by atoms with Crippen LogP contribution in [0.4, 0.5) is 5.69 Å². The van der Waals surface area contributed by atoms with Crippen molar-refractivity contribution in [3.05, 3.63) is 59.7 Å². The predicted molar refractivity (Wildman–Crippen MR) is 139 cm³/mol. The fourth-order valence-electron chi connectivity index (χ4n) is 3.50. The molecule has 1 atom stereocenters. The predicted octanol–water partition coefficient (Wildman–Crippen LogP) is 3.49. The molecule has 9 heteroatoms. The molecule has 1 N–H and O–H groups in total. The van der Waals surface area contributed by atoms with Crippen LogP contribution in [0.3, 0.4) is 0 Å². The Morgan fingerprint density at radius 1 is 1.03 bits per heavy atom. The van der Waals surface area contributed by atoms with Crippen molar-refractivity contribution >= 4 is 27.5 Å². The van der Waals surface area contributed by atoms with Crippen molar-refractivity contribution < 1.29 is 22.7 Å². The number of sulfonamides is 1. The molecular formula is C26H37N3O5S. The third kappa shape index (κ3) is 8.58. The van der Waals surface area contributed by atoms with Crippen molar-refractivity contribution in [2.45, 2.75) is 53.1 Å². The lowest BCUT2D eigenvalue weighted by atomic mass is 10.1. The van der Waals surface area contributed by atoms with Crippen LogP contribution in [0.15, 0.2) is 48.5 Å². The van der Waals surface area contributed by atoms with Gasteiger partial charge in [-0.2, -0.15) is 0 Å². The molecular weight excluding hydrogens is 466 g/mol. The van der Waals surface area contributed by atoms with Gasteiger partial charge in [0.25, 0.3) is 0 Å². The SMILES string of the molecule is CCCCNC(=O)[C@H](C)N(Cc1ccc(C)cc1)C(=O)CN(c1ccc(OCC)cc1)S(C)(=O)=O. The molecule has 2 aromatic carbocycles. The zero-order chi connectivity index (χ0) is 26.0. The summed E-state index contributed by atoms with van der Waals surface area (Å²) < 4.78 is 31.7. The molecule has 0 aliphatic carbocycles. The van der Waals surface area contributed by atoms with Crippen LogP contribution in [-0.2, 0) is 26.2 Å². The third-order valence-corrected chi connectivity index (χ3v) is 6.73. The number of aryl methyl sites for hydroxylation is 1. The number of benzene rings is 2. The number of nitrogens with zero attached hydrogens (tertiary/aromatic N) is 2. The topological polar surface area (TPSA) is 96.0 Å². The lowest BCUT2D eigenvalue weighted by molar-refractivity contribution is -0.139. The number of rotatable bonds is 13. The normalized spacial score (nSPS) is 12.0. The Balaban J connectivity index is 2.32. The summed E-state index contributed by atoms with van der Waals surface area (Å²) in [7, 11) is -3.77. The number of ether oxygens (including phenoxy) is 1. The van der Waals surface area contributed by atoms with E-state index in [0.717, 1.165) is 34.5 Å². The Morgan fingerprint density at radius 2 is 1.66 bits per heavy atom. The minimum atomic E-state index is -3.77. The monoisotopic (exact) mass is 503 g/mol. The van der Waals surface area contributed by atoms with Crippen LogP contribution in [-0.4, -0.2) is 57.1 Å². The Kier molecular flexibility index (Phi) is 10.6. The number of carbonyl (C=O) groups excluding carboxylic acids is 2. The fourth-order valence-corrected chi connectivity index (χ4v) is 4.35. The first-order chi connectivity index (χ1) is 16.6. The first-order valence-electron chi connectivity index (χ1n) is 11.9. The summed E-state index contributed by atoms with van der Waals surface area (Å²) in [6.07, 6.45) is 2.83. The van der Waals surface area contributed by atoms with Crippen molar-refractivity contribution in [3.8, 4) is 5.75 Å². The highest BCUT2D eigenvalue weighted by atomic mass is 32.2. The van der Waals surface area contributed by atoms with Gasteiger partial charge in [-0.1, -0.05) is 43.2 Å². The van der Waals surface area contributed by atoms with Crippen LogP contribution in [0.5, 0.6) is 5.75 Å². The molecule has 0 saturated heterocycles. The van der Waals surface area contributed by atoms with E-state index in [9.17, 15) is 18.0 Å². The van der Waals surface area contributed by atoms with Crippen LogP contribution in [0.25, 0.3) is 0 Å². The largest absolute Gasteiger partial charge is 0.494 e. The number of hydrogen-bond acceptors (Lipinski definition) is 5. The van der Waals surface area contributed by atoms with E-state index in [-0.39, 0.29) is 12.5 Å². The van der Waals surface area contributed by atoms with Gasteiger partial charge in [0.05, 0.1) is 18.6 Å². The van der Waals surface area contributed by atoms with Gasteiger partial charge in [0.1, 0.15) is 18.3 Å². The summed E-state index contributed by atoms with van der Waals surface area (Å²) in [6.45, 7) is 8.29. The number of amides is 2. The molecule has 8 nitrogen and oxygen atoms in total. The number of unbranched alkanes of at least 4 members (excludes halogenated alkanes) is 1. The van der Waals surface area contributed by atoms with Gasteiger partial charge in [0, 0.05) is 13.1 Å². The zero-order valence-electron chi connectivity index (χ0n) is 21.3. The number of carbonyl (C=O) groups is 2. The van der Waals surface area contributed by atoms with E-state index in [1.807, 2.05) is 45.0 Å². The summed E-state index contributed by atoms with van der Waals surface area (Å²) in [5.74, 6) is -0.136. The van der Waals surface area contributed by atoms with Gasteiger partial charge in [0.2, 0.25) is 21.8 Å². The second kappa shape index (κ2) is 13.1. The van der Waals surface area contributed by atoms with Gasteiger partial charge in [-0.15, -0.1) is 0 Å². The van der Waals surface area contributed by atoms with Crippen molar-refractivity contribution in [2.24, 2.45) is 0 Å². The Labute approximate surface area is 209 Å². The Hall–Kier alpha value is -3.07. The lowest BCUT2D eigenvalue weighted by Crippen LogP contribution is -2.51. The highest BCUT2D eigenvalue weighted by Gasteiger charge is 2.30. The molecule has 0 aromatic heterocycles. The molecule has 0 bridgehead atoms. The Morgan fingerprint density at radius 3 is 2.20 bits per heavy atom. The van der Waals surface area contributed by atoms with E-state index < -0.39 is 28.5 Å². The van der Waals surface area contributed by atoms with Crippen LogP contribution < -0.4 is 14.4 Å². The number of nitrogens with one attached hydrogen (secondary N) is 1. The highest BCUT2D eigenvalue weighted by Crippen LogP contribution is 2.22. The van der Waals surface area contributed by atoms with Crippen LogP contribution in [0.2, 0.25) is 0 Å². The molecule has 0 aliphatic rings. The van der Waals surface area contributed by atoms with E-state index in [4.69, 9.17) is 4.74 Å². The fraction of sp³-hybridized carbons (Fsp3) is 0.462. The lowest BCUT2D eigenvalue weighted by Gasteiger charge is -2.31. The molecule has 0 heterocycles. The molecule has 192 valence electrons. The maximum Gasteiger partial charge on any atom is 0.244 e. The van der Waals surface area contributed by atoms with Gasteiger partial charge >= 0.3 is 0 Å². The third-order valence-electron chi connectivity index (χ3n) is 5.59. The van der Waals surface area contributed by atoms with E-state index >= 15 is 0 Å². The van der Waals surface area contributed by atoms with Crippen molar-refractivity contribution in [1.82, 2.24) is 10.2 Å². The second-order valence-electron chi connectivity index (χ2n) is 8.52. The molecule has 0 unspecified atom stereocenters. The van der Waals surface area contributed by atoms with Crippen molar-refractivity contribution in [3.63, 3.8) is 0 Å². The first-order valence-corrected chi connectivity index (χ1v) is 13.7. The summed E-state index contributed by atoms with van der Waals surface area (Å²) in [6, 6.07) is 13.4. The molecule has 0 fully saturated rings. The van der Waals surface area contributed by atoms with Gasteiger partial charge in [0.15, 0.2) is 0 Å². The first kappa shape index (κ1) is 28.2. The molecule has 2 aromatic rings. The molecule has 2 rings (SSSR count). The van der Waals surface area contributed by atoms with E-state index in [0.29, 0.717) is 24.6 Å². The average molecular weight is 504 g/mol. The minimum absolute atomic E-state index is 0.183. The molecule has 0 aliphatic heterocycles. The molecule has 35 heavy (non-hydrogen) atoms. The molecule has 2 amide bonds. The molecule has 0 radical (unpaired) electrons. The summed E-state index contributed by atoms with van der Waals surface area (Å²) in [5, 5.41) is 2.87. The number of anilines is 1. The quantitative estimate of drug-likeness (QED) is 0.422. The minimum Gasteiger partial charge on any atom is -0.494 e. The van der Waals surface area contributed by atoms with Crippen LogP contribution >= 0.6 is 0 Å². The van der Waals surface area contributed by atoms with E-state index in [2.05, 4.69) is 5.32 Å².